The number of ether oxygens (including phenoxy) is 1. The molecule has 0 radical (unpaired) electrons. The van der Waals surface area contributed by atoms with Crippen LogP contribution in [0.1, 0.15) is 22.8 Å². The normalized spacial score (nSPS) is 10.3. The van der Waals surface area contributed by atoms with Crippen LogP contribution in [0.2, 0.25) is 0 Å². The van der Waals surface area contributed by atoms with Gasteiger partial charge in [-0.25, -0.2) is 0 Å². The van der Waals surface area contributed by atoms with Gasteiger partial charge >= 0.3 is 0 Å². The fraction of sp³-hybridized carbons (Fsp3) is 0.0952. The quantitative estimate of drug-likeness (QED) is 0.610. The third kappa shape index (κ3) is 3.49. The first-order valence-electron chi connectivity index (χ1n) is 7.62. The number of hydrogen-bond donors (Lipinski definition) is 0. The van der Waals surface area contributed by atoms with Crippen LogP contribution in [0.4, 0.5) is 0 Å². The van der Waals surface area contributed by atoms with Gasteiger partial charge in [0.05, 0.1) is 0 Å². The molecule has 0 aliphatic rings. The predicted octanol–water partition coefficient (Wildman–Crippen LogP) is 5.14. The van der Waals surface area contributed by atoms with Gasteiger partial charge in [0.2, 0.25) is 0 Å². The Morgan fingerprint density at radius 1 is 0.783 bits per heavy atom. The lowest BCUT2D eigenvalue weighted by Crippen LogP contribution is -1.99. The van der Waals surface area contributed by atoms with Gasteiger partial charge in [0.25, 0.3) is 0 Å². The molecule has 0 amide bonds. The fourth-order valence-corrected chi connectivity index (χ4v) is 2.58. The first-order chi connectivity index (χ1) is 11.3. The van der Waals surface area contributed by atoms with Crippen LogP contribution in [0.3, 0.4) is 0 Å². The van der Waals surface area contributed by atoms with Gasteiger partial charge < -0.3 is 4.74 Å². The SMILES string of the molecule is CC(=O)c1ccccc1-c1ccccc1OCc1ccccc1. The van der Waals surface area contributed by atoms with Crippen LogP contribution in [0.5, 0.6) is 5.75 Å². The standard InChI is InChI=1S/C21H18O2/c1-16(22)18-11-5-6-12-19(18)20-13-7-8-14-21(20)23-15-17-9-3-2-4-10-17/h2-14H,15H2,1H3. The van der Waals surface area contributed by atoms with Gasteiger partial charge in [-0.05, 0) is 24.1 Å². The number of rotatable bonds is 5. The molecule has 0 fully saturated rings. The maximum absolute atomic E-state index is 11.9. The van der Waals surface area contributed by atoms with E-state index in [-0.39, 0.29) is 5.78 Å². The van der Waals surface area contributed by atoms with E-state index in [0.29, 0.717) is 12.2 Å². The summed E-state index contributed by atoms with van der Waals surface area (Å²) in [5.74, 6) is 0.837. The van der Waals surface area contributed by atoms with E-state index in [1.54, 1.807) is 6.92 Å². The smallest absolute Gasteiger partial charge is 0.160 e. The van der Waals surface area contributed by atoms with Gasteiger partial charge in [0.15, 0.2) is 5.78 Å². The van der Waals surface area contributed by atoms with Gasteiger partial charge in [-0.15, -0.1) is 0 Å². The third-order valence-electron chi connectivity index (χ3n) is 3.72. The molecule has 2 heteroatoms. The Morgan fingerprint density at radius 3 is 2.13 bits per heavy atom. The van der Waals surface area contributed by atoms with Gasteiger partial charge in [0.1, 0.15) is 12.4 Å². The molecule has 0 bridgehead atoms. The molecule has 23 heavy (non-hydrogen) atoms. The molecule has 0 aromatic heterocycles. The highest BCUT2D eigenvalue weighted by molar-refractivity contribution is 6.01. The summed E-state index contributed by atoms with van der Waals surface area (Å²) in [5, 5.41) is 0. The van der Waals surface area contributed by atoms with Crippen molar-refractivity contribution < 1.29 is 9.53 Å². The highest BCUT2D eigenvalue weighted by atomic mass is 16.5. The Hall–Kier alpha value is -2.87. The van der Waals surface area contributed by atoms with Crippen molar-refractivity contribution in [2.24, 2.45) is 0 Å². The first-order valence-corrected chi connectivity index (χ1v) is 7.62. The molecule has 0 aliphatic heterocycles. The lowest BCUT2D eigenvalue weighted by atomic mass is 9.97. The van der Waals surface area contributed by atoms with Crippen LogP contribution in [0, 0.1) is 0 Å². The minimum atomic E-state index is 0.0541. The van der Waals surface area contributed by atoms with Gasteiger partial charge in [-0.2, -0.15) is 0 Å². The summed E-state index contributed by atoms with van der Waals surface area (Å²) in [7, 11) is 0. The summed E-state index contributed by atoms with van der Waals surface area (Å²) in [4.78, 5) is 11.9. The van der Waals surface area contributed by atoms with Crippen molar-refractivity contribution in [1.82, 2.24) is 0 Å². The van der Waals surface area contributed by atoms with Crippen molar-refractivity contribution in [1.29, 1.82) is 0 Å². The molecule has 3 rings (SSSR count). The second-order valence-corrected chi connectivity index (χ2v) is 5.37. The molecule has 3 aromatic carbocycles. The largest absolute Gasteiger partial charge is 0.488 e. The lowest BCUT2D eigenvalue weighted by Gasteiger charge is -2.13. The Balaban J connectivity index is 1.94. The Labute approximate surface area is 136 Å². The Morgan fingerprint density at radius 2 is 1.39 bits per heavy atom. The van der Waals surface area contributed by atoms with Crippen LogP contribution < -0.4 is 4.74 Å². The molecule has 0 atom stereocenters. The van der Waals surface area contributed by atoms with E-state index in [2.05, 4.69) is 0 Å². The molecule has 0 unspecified atom stereocenters. The van der Waals surface area contributed by atoms with Crippen molar-refractivity contribution in [2.45, 2.75) is 13.5 Å². The van der Waals surface area contributed by atoms with E-state index < -0.39 is 0 Å². The topological polar surface area (TPSA) is 26.3 Å². The molecule has 0 aliphatic carbocycles. The summed E-state index contributed by atoms with van der Waals surface area (Å²) in [5.41, 5.74) is 3.67. The monoisotopic (exact) mass is 302 g/mol. The maximum atomic E-state index is 11.9. The van der Waals surface area contributed by atoms with Crippen molar-refractivity contribution in [3.8, 4) is 16.9 Å². The Kier molecular flexibility index (Phi) is 4.53. The summed E-state index contributed by atoms with van der Waals surface area (Å²) in [6.07, 6.45) is 0. The zero-order chi connectivity index (χ0) is 16.1. The van der Waals surface area contributed by atoms with Crippen LogP contribution in [-0.4, -0.2) is 5.78 Å². The number of Topliss-reactive ketones (excluding diaryl/α,β-unsaturated/α-hetero) is 1. The van der Waals surface area contributed by atoms with Gasteiger partial charge in [0, 0.05) is 11.1 Å². The average Bonchev–Trinajstić information content (AvgIpc) is 2.61. The van der Waals surface area contributed by atoms with E-state index in [9.17, 15) is 4.79 Å². The molecule has 0 spiro atoms. The number of hydrogen-bond acceptors (Lipinski definition) is 2. The first kappa shape index (κ1) is 15.0. The summed E-state index contributed by atoms with van der Waals surface area (Å²) >= 11 is 0. The van der Waals surface area contributed by atoms with Crippen LogP contribution in [0.25, 0.3) is 11.1 Å². The summed E-state index contributed by atoms with van der Waals surface area (Å²) < 4.78 is 6.00. The lowest BCUT2D eigenvalue weighted by molar-refractivity contribution is 0.101. The fourth-order valence-electron chi connectivity index (χ4n) is 2.58. The van der Waals surface area contributed by atoms with Crippen LogP contribution in [0.15, 0.2) is 78.9 Å². The van der Waals surface area contributed by atoms with Crippen molar-refractivity contribution >= 4 is 5.78 Å². The number of para-hydroxylation sites is 1. The number of ketones is 1. The summed E-state index contributed by atoms with van der Waals surface area (Å²) in [6.45, 7) is 2.09. The van der Waals surface area contributed by atoms with Gasteiger partial charge in [-0.1, -0.05) is 72.8 Å². The number of carbonyl (C=O) groups excluding carboxylic acids is 1. The molecule has 0 saturated carbocycles. The zero-order valence-corrected chi connectivity index (χ0v) is 13.0. The van der Waals surface area contributed by atoms with E-state index in [1.807, 2.05) is 78.9 Å². The Bertz CT molecular complexity index is 807. The van der Waals surface area contributed by atoms with E-state index >= 15 is 0 Å². The third-order valence-corrected chi connectivity index (χ3v) is 3.72. The van der Waals surface area contributed by atoms with Crippen molar-refractivity contribution in [3.05, 3.63) is 90.0 Å². The van der Waals surface area contributed by atoms with Crippen molar-refractivity contribution in [2.75, 3.05) is 0 Å². The minimum absolute atomic E-state index is 0.0541. The second kappa shape index (κ2) is 6.93. The van der Waals surface area contributed by atoms with Crippen LogP contribution in [-0.2, 0) is 6.61 Å². The molecule has 2 nitrogen and oxygen atoms in total. The van der Waals surface area contributed by atoms with E-state index in [0.717, 1.165) is 22.4 Å². The number of benzene rings is 3. The molecular formula is C21H18O2. The molecule has 114 valence electrons. The van der Waals surface area contributed by atoms with E-state index in [1.165, 1.54) is 0 Å². The minimum Gasteiger partial charge on any atom is -0.488 e. The van der Waals surface area contributed by atoms with Crippen molar-refractivity contribution in [3.63, 3.8) is 0 Å². The molecule has 0 N–H and O–H groups in total. The molecule has 3 aromatic rings. The summed E-state index contributed by atoms with van der Waals surface area (Å²) in [6, 6.07) is 25.5. The van der Waals surface area contributed by atoms with Gasteiger partial charge in [-0.3, -0.25) is 4.79 Å². The molecular weight excluding hydrogens is 284 g/mol. The highest BCUT2D eigenvalue weighted by Crippen LogP contribution is 2.33. The number of carbonyl (C=O) groups is 1. The average molecular weight is 302 g/mol. The van der Waals surface area contributed by atoms with E-state index in [4.69, 9.17) is 4.74 Å². The molecule has 0 saturated heterocycles. The van der Waals surface area contributed by atoms with Crippen LogP contribution >= 0.6 is 0 Å². The zero-order valence-electron chi connectivity index (χ0n) is 13.0. The predicted molar refractivity (Wildman–Crippen MR) is 92.7 cm³/mol. The molecule has 0 heterocycles. The maximum Gasteiger partial charge on any atom is 0.160 e. The second-order valence-electron chi connectivity index (χ2n) is 5.37. The highest BCUT2D eigenvalue weighted by Gasteiger charge is 2.12.